The van der Waals surface area contributed by atoms with Crippen LogP contribution in [0.1, 0.15) is 26.3 Å². The van der Waals surface area contributed by atoms with Crippen LogP contribution in [0.25, 0.3) is 0 Å². The van der Waals surface area contributed by atoms with Crippen molar-refractivity contribution in [2.45, 2.75) is 31.7 Å². The van der Waals surface area contributed by atoms with Gasteiger partial charge in [0.15, 0.2) is 0 Å². The summed E-state index contributed by atoms with van der Waals surface area (Å²) in [4.78, 5) is -0.000741. The Morgan fingerprint density at radius 3 is 2.37 bits per heavy atom. The maximum absolute atomic E-state index is 12.5. The number of rotatable bonds is 4. The Morgan fingerprint density at radius 1 is 1.32 bits per heavy atom. The lowest BCUT2D eigenvalue weighted by atomic mass is 10.1. The quantitative estimate of drug-likeness (QED) is 0.852. The van der Waals surface area contributed by atoms with E-state index in [9.17, 15) is 8.42 Å². The van der Waals surface area contributed by atoms with E-state index in [0.29, 0.717) is 5.69 Å². The molecule has 0 aliphatic heterocycles. The number of nitrogen functional groups attached to an aromatic ring is 1. The second-order valence-electron chi connectivity index (χ2n) is 4.87. The third kappa shape index (κ3) is 3.06. The van der Waals surface area contributed by atoms with Crippen LogP contribution >= 0.6 is 0 Å². The van der Waals surface area contributed by atoms with Crippen molar-refractivity contribution in [3.8, 4) is 6.07 Å². The molecule has 1 rings (SSSR count). The molecule has 104 valence electrons. The van der Waals surface area contributed by atoms with E-state index in [1.54, 1.807) is 0 Å². The van der Waals surface area contributed by atoms with Gasteiger partial charge in [0.2, 0.25) is 10.0 Å². The van der Waals surface area contributed by atoms with E-state index >= 15 is 0 Å². The Morgan fingerprint density at radius 2 is 1.89 bits per heavy atom. The molecule has 0 aliphatic rings. The van der Waals surface area contributed by atoms with Crippen LogP contribution in [0.4, 0.5) is 5.69 Å². The molecule has 0 fully saturated rings. The van der Waals surface area contributed by atoms with Gasteiger partial charge in [-0.3, -0.25) is 0 Å². The van der Waals surface area contributed by atoms with Crippen molar-refractivity contribution in [3.63, 3.8) is 0 Å². The first-order valence-corrected chi connectivity index (χ1v) is 7.43. The first-order valence-electron chi connectivity index (χ1n) is 5.99. The molecule has 5 nitrogen and oxygen atoms in total. The third-order valence-corrected chi connectivity index (χ3v) is 5.32. The molecule has 6 heteroatoms. The minimum Gasteiger partial charge on any atom is -0.399 e. The number of sulfonamides is 1. The molecule has 0 saturated heterocycles. The summed E-state index contributed by atoms with van der Waals surface area (Å²) in [5.74, 6) is 0.180. The first kappa shape index (κ1) is 15.5. The Kier molecular flexibility index (Phi) is 4.56. The molecule has 0 heterocycles. The molecule has 0 radical (unpaired) electrons. The Labute approximate surface area is 114 Å². The van der Waals surface area contributed by atoms with Crippen LogP contribution in [0.3, 0.4) is 0 Å². The number of hydrogen-bond donors (Lipinski definition) is 1. The zero-order chi connectivity index (χ0) is 14.8. The molecule has 0 aromatic heterocycles. The van der Waals surface area contributed by atoms with Gasteiger partial charge in [-0.2, -0.15) is 9.57 Å². The second kappa shape index (κ2) is 5.59. The number of nitriles is 1. The molecule has 1 atom stereocenters. The summed E-state index contributed by atoms with van der Waals surface area (Å²) in [5, 5.41) is 9.05. The van der Waals surface area contributed by atoms with Crippen LogP contribution < -0.4 is 5.73 Å². The van der Waals surface area contributed by atoms with Crippen LogP contribution in [0, 0.1) is 17.2 Å². The van der Waals surface area contributed by atoms with Gasteiger partial charge in [0, 0.05) is 18.8 Å². The minimum atomic E-state index is -3.69. The molecule has 1 unspecified atom stereocenters. The summed E-state index contributed by atoms with van der Waals surface area (Å²) in [6.07, 6.45) is 0. The van der Waals surface area contributed by atoms with Gasteiger partial charge in [0.25, 0.3) is 0 Å². The van der Waals surface area contributed by atoms with Crippen molar-refractivity contribution in [1.82, 2.24) is 4.31 Å². The molecule has 0 saturated carbocycles. The lowest BCUT2D eigenvalue weighted by Gasteiger charge is -2.27. The van der Waals surface area contributed by atoms with E-state index in [4.69, 9.17) is 11.0 Å². The Bertz CT molecular complexity index is 603. The lowest BCUT2D eigenvalue weighted by molar-refractivity contribution is 0.315. The smallest absolute Gasteiger partial charge is 0.244 e. The van der Waals surface area contributed by atoms with Crippen LogP contribution in [0.15, 0.2) is 23.1 Å². The molecule has 0 spiro atoms. The molecular formula is C13H19N3O2S. The van der Waals surface area contributed by atoms with Gasteiger partial charge in [-0.05, 0) is 31.0 Å². The topological polar surface area (TPSA) is 87.2 Å². The number of benzene rings is 1. The lowest BCUT2D eigenvalue weighted by Crippen LogP contribution is -2.38. The average Bonchev–Trinajstić information content (AvgIpc) is 2.36. The normalized spacial score (nSPS) is 13.5. The maximum Gasteiger partial charge on any atom is 0.244 e. The van der Waals surface area contributed by atoms with Crippen molar-refractivity contribution in [2.75, 3.05) is 12.8 Å². The van der Waals surface area contributed by atoms with E-state index in [1.807, 2.05) is 26.8 Å². The summed E-state index contributed by atoms with van der Waals surface area (Å²) >= 11 is 0. The Balaban J connectivity index is 3.33. The number of nitrogens with two attached hydrogens (primary N) is 1. The summed E-state index contributed by atoms with van der Waals surface area (Å²) in [7, 11) is -2.16. The van der Waals surface area contributed by atoms with E-state index < -0.39 is 10.0 Å². The van der Waals surface area contributed by atoms with Crippen molar-refractivity contribution in [3.05, 3.63) is 23.8 Å². The number of nitrogens with zero attached hydrogens (tertiary/aromatic N) is 2. The van der Waals surface area contributed by atoms with Gasteiger partial charge in [-0.1, -0.05) is 13.8 Å². The molecule has 19 heavy (non-hydrogen) atoms. The second-order valence-corrected chi connectivity index (χ2v) is 6.84. The van der Waals surface area contributed by atoms with Gasteiger partial charge in [0.1, 0.15) is 11.0 Å². The number of hydrogen-bond acceptors (Lipinski definition) is 4. The molecule has 0 amide bonds. The summed E-state index contributed by atoms with van der Waals surface area (Å²) < 4.78 is 26.3. The van der Waals surface area contributed by atoms with Gasteiger partial charge in [-0.25, -0.2) is 8.42 Å². The monoisotopic (exact) mass is 281 g/mol. The van der Waals surface area contributed by atoms with Crippen LogP contribution in [-0.4, -0.2) is 25.8 Å². The van der Waals surface area contributed by atoms with Crippen molar-refractivity contribution in [1.29, 1.82) is 5.26 Å². The van der Waals surface area contributed by atoms with Gasteiger partial charge in [0.05, 0.1) is 5.56 Å². The largest absolute Gasteiger partial charge is 0.399 e. The minimum absolute atomic E-state index is 0.000741. The summed E-state index contributed by atoms with van der Waals surface area (Å²) in [6.45, 7) is 5.74. The molecular weight excluding hydrogens is 262 g/mol. The van der Waals surface area contributed by atoms with E-state index in [2.05, 4.69) is 0 Å². The fraction of sp³-hybridized carbons (Fsp3) is 0.462. The number of anilines is 1. The SMILES string of the molecule is CC(C)C(C)N(C)S(=O)(=O)c1ccc(N)cc1C#N. The van der Waals surface area contributed by atoms with E-state index in [0.717, 1.165) is 0 Å². The maximum atomic E-state index is 12.5. The zero-order valence-electron chi connectivity index (χ0n) is 11.6. The molecule has 1 aromatic rings. The van der Waals surface area contributed by atoms with Crippen LogP contribution in [0.5, 0.6) is 0 Å². The van der Waals surface area contributed by atoms with Crippen LogP contribution in [-0.2, 0) is 10.0 Å². The summed E-state index contributed by atoms with van der Waals surface area (Å²) in [6, 6.07) is 5.97. The average molecular weight is 281 g/mol. The van der Waals surface area contributed by atoms with Gasteiger partial charge < -0.3 is 5.73 Å². The van der Waals surface area contributed by atoms with Crippen LogP contribution in [0.2, 0.25) is 0 Å². The van der Waals surface area contributed by atoms with E-state index in [-0.39, 0.29) is 22.4 Å². The van der Waals surface area contributed by atoms with Gasteiger partial charge in [-0.15, -0.1) is 0 Å². The summed E-state index contributed by atoms with van der Waals surface area (Å²) in [5.41, 5.74) is 6.01. The molecule has 1 aromatic carbocycles. The highest BCUT2D eigenvalue weighted by atomic mass is 32.2. The van der Waals surface area contributed by atoms with E-state index in [1.165, 1.54) is 29.6 Å². The Hall–Kier alpha value is -1.58. The van der Waals surface area contributed by atoms with Crippen molar-refractivity contribution >= 4 is 15.7 Å². The predicted molar refractivity (Wildman–Crippen MR) is 74.8 cm³/mol. The molecule has 0 aliphatic carbocycles. The highest BCUT2D eigenvalue weighted by Crippen LogP contribution is 2.24. The third-order valence-electron chi connectivity index (χ3n) is 3.32. The van der Waals surface area contributed by atoms with Gasteiger partial charge >= 0.3 is 0 Å². The first-order chi connectivity index (χ1) is 8.71. The highest BCUT2D eigenvalue weighted by Gasteiger charge is 2.29. The zero-order valence-corrected chi connectivity index (χ0v) is 12.4. The fourth-order valence-corrected chi connectivity index (χ4v) is 3.27. The fourth-order valence-electron chi connectivity index (χ4n) is 1.65. The van der Waals surface area contributed by atoms with Crippen molar-refractivity contribution < 1.29 is 8.42 Å². The predicted octanol–water partition coefficient (Wildman–Crippen LogP) is 1.81. The standard InChI is InChI=1S/C13H19N3O2S/c1-9(2)10(3)16(4)19(17,18)13-6-5-12(15)7-11(13)8-14/h5-7,9-10H,15H2,1-4H3. The highest BCUT2D eigenvalue weighted by molar-refractivity contribution is 7.89. The van der Waals surface area contributed by atoms with Crippen molar-refractivity contribution in [2.24, 2.45) is 5.92 Å². The molecule has 2 N–H and O–H groups in total. The molecule has 0 bridgehead atoms.